The number of carbonyl (C=O) groups is 2. The van der Waals surface area contributed by atoms with E-state index < -0.39 is 5.54 Å². The van der Waals surface area contributed by atoms with Crippen LogP contribution in [0.4, 0.5) is 0 Å². The molecule has 0 aliphatic carbocycles. The molecule has 0 radical (unpaired) electrons. The molecule has 7 heteroatoms. The molecule has 0 aromatic carbocycles. The zero-order chi connectivity index (χ0) is 19.0. The zero-order valence-electron chi connectivity index (χ0n) is 15.7. The Kier molecular flexibility index (Phi) is 14.9. The molecule has 0 unspecified atom stereocenters. The Morgan fingerprint density at radius 1 is 0.680 bits per heavy atom. The van der Waals surface area contributed by atoms with Gasteiger partial charge in [0.05, 0.1) is 0 Å². The van der Waals surface area contributed by atoms with Crippen LogP contribution in [0.15, 0.2) is 0 Å². The largest absolute Gasteiger partial charge is 0.330 e. The third-order valence-corrected chi connectivity index (χ3v) is 4.44. The van der Waals surface area contributed by atoms with Crippen LogP contribution >= 0.6 is 0 Å². The van der Waals surface area contributed by atoms with Gasteiger partial charge >= 0.3 is 0 Å². The van der Waals surface area contributed by atoms with Crippen LogP contribution < -0.4 is 28.3 Å². The molecule has 148 valence electrons. The van der Waals surface area contributed by atoms with Crippen molar-refractivity contribution in [3.63, 3.8) is 0 Å². The molecule has 25 heavy (non-hydrogen) atoms. The highest BCUT2D eigenvalue weighted by Gasteiger charge is 2.39. The normalized spacial score (nSPS) is 11.7. The van der Waals surface area contributed by atoms with Gasteiger partial charge in [-0.1, -0.05) is 25.7 Å². The average Bonchev–Trinajstić information content (AvgIpc) is 2.61. The van der Waals surface area contributed by atoms with Crippen molar-refractivity contribution in [2.75, 3.05) is 32.7 Å². The van der Waals surface area contributed by atoms with Crippen LogP contribution in [-0.4, -0.2) is 49.8 Å². The number of rotatable bonds is 18. The molecule has 0 aromatic heterocycles. The second-order valence-electron chi connectivity index (χ2n) is 6.69. The molecule has 0 aromatic rings. The van der Waals surface area contributed by atoms with E-state index in [1.807, 2.05) is 0 Å². The van der Waals surface area contributed by atoms with Crippen LogP contribution in [0.5, 0.6) is 0 Å². The summed E-state index contributed by atoms with van der Waals surface area (Å²) in [5, 5.41) is 3.03. The molecule has 0 aliphatic heterocycles. The first-order valence-corrected chi connectivity index (χ1v) is 9.69. The van der Waals surface area contributed by atoms with E-state index in [-0.39, 0.29) is 18.1 Å². The predicted molar refractivity (Wildman–Crippen MR) is 103 cm³/mol. The number of nitrogens with one attached hydrogen (secondary N) is 1. The monoisotopic (exact) mass is 357 g/mol. The Morgan fingerprint density at radius 2 is 1.12 bits per heavy atom. The number of hydrogen-bond donors (Lipinski definition) is 5. The van der Waals surface area contributed by atoms with Gasteiger partial charge in [0.15, 0.2) is 11.6 Å². The zero-order valence-corrected chi connectivity index (χ0v) is 15.7. The molecule has 0 aliphatic rings. The SMILES string of the molecule is NCCCCCCC(=O)C(N)(CNCCN)C(=O)CCCCCCN. The predicted octanol–water partition coefficient (Wildman–Crippen LogP) is 0.189. The van der Waals surface area contributed by atoms with Gasteiger partial charge in [0.2, 0.25) is 0 Å². The highest BCUT2D eigenvalue weighted by atomic mass is 16.2. The second-order valence-corrected chi connectivity index (χ2v) is 6.69. The summed E-state index contributed by atoms with van der Waals surface area (Å²) < 4.78 is 0. The van der Waals surface area contributed by atoms with Gasteiger partial charge in [-0.25, -0.2) is 0 Å². The van der Waals surface area contributed by atoms with E-state index in [0.29, 0.717) is 39.0 Å². The Morgan fingerprint density at radius 3 is 1.52 bits per heavy atom. The lowest BCUT2D eigenvalue weighted by Gasteiger charge is -2.27. The van der Waals surface area contributed by atoms with E-state index in [4.69, 9.17) is 22.9 Å². The minimum atomic E-state index is -1.43. The molecular formula is C18H39N5O2. The maximum atomic E-state index is 12.6. The first kappa shape index (κ1) is 24.1. The lowest BCUT2D eigenvalue weighted by Crippen LogP contribution is -2.61. The van der Waals surface area contributed by atoms with E-state index in [9.17, 15) is 9.59 Å². The van der Waals surface area contributed by atoms with Crippen molar-refractivity contribution in [2.24, 2.45) is 22.9 Å². The minimum absolute atomic E-state index is 0.160. The Balaban J connectivity index is 4.51. The van der Waals surface area contributed by atoms with Crippen LogP contribution in [0, 0.1) is 0 Å². The van der Waals surface area contributed by atoms with E-state index >= 15 is 0 Å². The fraction of sp³-hybridized carbons (Fsp3) is 0.889. The van der Waals surface area contributed by atoms with Crippen molar-refractivity contribution in [3.8, 4) is 0 Å². The molecule has 0 atom stereocenters. The summed E-state index contributed by atoms with van der Waals surface area (Å²) >= 11 is 0. The topological polar surface area (TPSA) is 150 Å². The van der Waals surface area contributed by atoms with Crippen molar-refractivity contribution in [2.45, 2.75) is 69.7 Å². The summed E-state index contributed by atoms with van der Waals surface area (Å²) in [5.41, 5.74) is 21.2. The van der Waals surface area contributed by atoms with Gasteiger partial charge in [-0.15, -0.1) is 0 Å². The molecule has 0 amide bonds. The van der Waals surface area contributed by atoms with Gasteiger partial charge in [-0.2, -0.15) is 0 Å². The lowest BCUT2D eigenvalue weighted by molar-refractivity contribution is -0.134. The molecule has 0 spiro atoms. The summed E-state index contributed by atoms with van der Waals surface area (Å²) in [6, 6.07) is 0. The van der Waals surface area contributed by atoms with Gasteiger partial charge in [-0.05, 0) is 38.8 Å². The van der Waals surface area contributed by atoms with Crippen molar-refractivity contribution in [1.29, 1.82) is 0 Å². The van der Waals surface area contributed by atoms with Crippen molar-refractivity contribution < 1.29 is 9.59 Å². The minimum Gasteiger partial charge on any atom is -0.330 e. The Bertz CT molecular complexity index is 337. The van der Waals surface area contributed by atoms with Crippen molar-refractivity contribution in [3.05, 3.63) is 0 Å². The summed E-state index contributed by atoms with van der Waals surface area (Å²) in [6.07, 6.45) is 7.96. The summed E-state index contributed by atoms with van der Waals surface area (Å²) in [5.74, 6) is -0.339. The quantitative estimate of drug-likeness (QED) is 0.173. The number of hydrogen-bond acceptors (Lipinski definition) is 7. The molecule has 9 N–H and O–H groups in total. The number of ketones is 2. The second kappa shape index (κ2) is 15.4. The highest BCUT2D eigenvalue weighted by Crippen LogP contribution is 2.15. The Labute approximate surface area is 152 Å². The van der Waals surface area contributed by atoms with Crippen LogP contribution in [0.1, 0.15) is 64.2 Å². The van der Waals surface area contributed by atoms with Gasteiger partial charge in [0.1, 0.15) is 5.54 Å². The van der Waals surface area contributed by atoms with E-state index in [1.54, 1.807) is 0 Å². The van der Waals surface area contributed by atoms with Crippen molar-refractivity contribution >= 4 is 11.6 Å². The number of unbranched alkanes of at least 4 members (excludes halogenated alkanes) is 6. The van der Waals surface area contributed by atoms with Gasteiger partial charge < -0.3 is 28.3 Å². The highest BCUT2D eigenvalue weighted by molar-refractivity contribution is 6.11. The fourth-order valence-corrected chi connectivity index (χ4v) is 2.75. The molecule has 0 bridgehead atoms. The van der Waals surface area contributed by atoms with Crippen LogP contribution in [0.25, 0.3) is 0 Å². The van der Waals surface area contributed by atoms with E-state index in [0.717, 1.165) is 51.4 Å². The molecule has 0 fully saturated rings. The first-order chi connectivity index (χ1) is 12.0. The number of nitrogens with two attached hydrogens (primary N) is 4. The molecule has 0 rings (SSSR count). The Hall–Kier alpha value is -0.860. The van der Waals surface area contributed by atoms with Crippen LogP contribution in [0.3, 0.4) is 0 Å². The first-order valence-electron chi connectivity index (χ1n) is 9.69. The summed E-state index contributed by atoms with van der Waals surface area (Å²) in [7, 11) is 0. The van der Waals surface area contributed by atoms with Crippen LogP contribution in [-0.2, 0) is 9.59 Å². The molecular weight excluding hydrogens is 318 g/mol. The third kappa shape index (κ3) is 10.7. The number of carbonyl (C=O) groups excluding carboxylic acids is 2. The smallest absolute Gasteiger partial charge is 0.161 e. The maximum absolute atomic E-state index is 12.6. The van der Waals surface area contributed by atoms with E-state index in [2.05, 4.69) is 5.32 Å². The standard InChI is InChI=1S/C18H39N5O2/c19-11-7-3-1-5-9-16(24)18(22,15-23-14-13-21)17(25)10-6-2-4-8-12-20/h23H,1-15,19-22H2. The molecule has 0 saturated heterocycles. The maximum Gasteiger partial charge on any atom is 0.161 e. The summed E-state index contributed by atoms with van der Waals surface area (Å²) in [6.45, 7) is 2.47. The van der Waals surface area contributed by atoms with E-state index in [1.165, 1.54) is 0 Å². The average molecular weight is 358 g/mol. The fourth-order valence-electron chi connectivity index (χ4n) is 2.75. The molecule has 7 nitrogen and oxygen atoms in total. The lowest BCUT2D eigenvalue weighted by atomic mass is 9.84. The third-order valence-electron chi connectivity index (χ3n) is 4.44. The molecule has 0 heterocycles. The summed E-state index contributed by atoms with van der Waals surface area (Å²) in [4.78, 5) is 25.2. The van der Waals surface area contributed by atoms with Gasteiger partial charge in [0, 0.05) is 32.5 Å². The number of Topliss-reactive ketones (excluding diaryl/α,β-unsaturated/α-hetero) is 2. The van der Waals surface area contributed by atoms with Crippen molar-refractivity contribution in [1.82, 2.24) is 5.32 Å². The van der Waals surface area contributed by atoms with Crippen LogP contribution in [0.2, 0.25) is 0 Å². The molecule has 0 saturated carbocycles. The van der Waals surface area contributed by atoms with Gasteiger partial charge in [0.25, 0.3) is 0 Å². The van der Waals surface area contributed by atoms with Gasteiger partial charge in [-0.3, -0.25) is 9.59 Å².